The molecule has 0 unspecified atom stereocenters. The van der Waals surface area contributed by atoms with E-state index in [1.165, 1.54) is 0 Å². The molecule has 0 aliphatic carbocycles. The van der Waals surface area contributed by atoms with Crippen molar-refractivity contribution in [2.24, 2.45) is 5.41 Å². The van der Waals surface area contributed by atoms with Crippen LogP contribution in [0.2, 0.25) is 0 Å². The van der Waals surface area contributed by atoms with Gasteiger partial charge in [-0.15, -0.1) is 6.58 Å². The van der Waals surface area contributed by atoms with E-state index in [2.05, 4.69) is 22.5 Å². The number of halogens is 1. The van der Waals surface area contributed by atoms with Crippen molar-refractivity contribution in [3.63, 3.8) is 0 Å². The molecule has 1 atom stereocenters. The van der Waals surface area contributed by atoms with E-state index in [1.807, 2.05) is 45.0 Å². The molecule has 1 N–H and O–H groups in total. The van der Waals surface area contributed by atoms with Crippen LogP contribution in [0.15, 0.2) is 41.4 Å². The lowest BCUT2D eigenvalue weighted by Crippen LogP contribution is -2.37. The summed E-state index contributed by atoms with van der Waals surface area (Å²) in [7, 11) is 0. The lowest BCUT2D eigenvalue weighted by Gasteiger charge is -2.38. The second-order valence-corrected chi connectivity index (χ2v) is 5.42. The van der Waals surface area contributed by atoms with Crippen molar-refractivity contribution in [3.8, 4) is 0 Å². The first-order valence-corrected chi connectivity index (χ1v) is 5.72. The molecular formula is C13H17BrO. The minimum absolute atomic E-state index is 0.360. The molecule has 0 aromatic heterocycles. The van der Waals surface area contributed by atoms with Crippen molar-refractivity contribution in [2.45, 2.75) is 26.4 Å². The molecule has 2 heteroatoms. The van der Waals surface area contributed by atoms with Gasteiger partial charge in [0.25, 0.3) is 0 Å². The number of benzene rings is 1. The molecule has 1 rings (SSSR count). The maximum Gasteiger partial charge on any atom is 0.0953 e. The Bertz CT molecular complexity index is 349. The third-order valence-corrected chi connectivity index (χ3v) is 3.70. The first-order chi connectivity index (χ1) is 6.81. The van der Waals surface area contributed by atoms with Crippen molar-refractivity contribution < 1.29 is 5.11 Å². The minimum Gasteiger partial charge on any atom is -0.385 e. The lowest BCUT2D eigenvalue weighted by atomic mass is 9.72. The molecule has 0 fully saturated rings. The van der Waals surface area contributed by atoms with Gasteiger partial charge in [0.05, 0.1) is 5.60 Å². The highest BCUT2D eigenvalue weighted by Gasteiger charge is 2.38. The lowest BCUT2D eigenvalue weighted by molar-refractivity contribution is -0.0306. The molecule has 0 radical (unpaired) electrons. The van der Waals surface area contributed by atoms with Crippen molar-refractivity contribution >= 4 is 15.9 Å². The van der Waals surface area contributed by atoms with Crippen LogP contribution in [-0.4, -0.2) is 5.11 Å². The Kier molecular flexibility index (Phi) is 3.41. The molecule has 1 aromatic carbocycles. The van der Waals surface area contributed by atoms with Crippen molar-refractivity contribution in [2.75, 3.05) is 0 Å². The van der Waals surface area contributed by atoms with Gasteiger partial charge in [-0.3, -0.25) is 0 Å². The molecule has 82 valence electrons. The highest BCUT2D eigenvalue weighted by molar-refractivity contribution is 9.10. The monoisotopic (exact) mass is 268 g/mol. The Balaban J connectivity index is 3.16. The number of hydrogen-bond donors (Lipinski definition) is 1. The zero-order valence-electron chi connectivity index (χ0n) is 9.42. The summed E-state index contributed by atoms with van der Waals surface area (Å²) in [6.07, 6.45) is 1.79. The van der Waals surface area contributed by atoms with Crippen LogP contribution in [0.5, 0.6) is 0 Å². The van der Waals surface area contributed by atoms with E-state index < -0.39 is 5.60 Å². The Labute approximate surface area is 100.0 Å². The maximum absolute atomic E-state index is 10.5. The molecule has 1 nitrogen and oxygen atoms in total. The second-order valence-electron chi connectivity index (χ2n) is 4.50. The predicted octanol–water partition coefficient (Wildman–Crippen LogP) is 3.87. The van der Waals surface area contributed by atoms with Gasteiger partial charge >= 0.3 is 0 Å². The van der Waals surface area contributed by atoms with E-state index >= 15 is 0 Å². The predicted molar refractivity (Wildman–Crippen MR) is 67.7 cm³/mol. The summed E-state index contributed by atoms with van der Waals surface area (Å²) in [4.78, 5) is 0. The molecule has 0 aliphatic rings. The molecular weight excluding hydrogens is 252 g/mol. The van der Waals surface area contributed by atoms with Crippen LogP contribution in [0.4, 0.5) is 0 Å². The molecule has 0 amide bonds. The summed E-state index contributed by atoms with van der Waals surface area (Å²) in [5, 5.41) is 10.5. The summed E-state index contributed by atoms with van der Waals surface area (Å²) in [6, 6.07) is 7.72. The van der Waals surface area contributed by atoms with E-state index in [4.69, 9.17) is 0 Å². The quantitative estimate of drug-likeness (QED) is 0.826. The van der Waals surface area contributed by atoms with Gasteiger partial charge in [0.2, 0.25) is 0 Å². The average molecular weight is 269 g/mol. The first-order valence-electron chi connectivity index (χ1n) is 4.93. The van der Waals surface area contributed by atoms with Crippen LogP contribution in [0.1, 0.15) is 26.3 Å². The Morgan fingerprint density at radius 2 is 1.67 bits per heavy atom. The van der Waals surface area contributed by atoms with Gasteiger partial charge in [0.15, 0.2) is 0 Å². The smallest absolute Gasteiger partial charge is 0.0953 e. The maximum atomic E-state index is 10.5. The summed E-state index contributed by atoms with van der Waals surface area (Å²) in [5.41, 5.74) is -0.369. The topological polar surface area (TPSA) is 20.2 Å². The van der Waals surface area contributed by atoms with Crippen LogP contribution in [0.3, 0.4) is 0 Å². The SMILES string of the molecule is C=CC(C)(C)[C@@](C)(O)c1ccc(Br)cc1. The summed E-state index contributed by atoms with van der Waals surface area (Å²) in [5.74, 6) is 0. The number of hydrogen-bond acceptors (Lipinski definition) is 1. The molecule has 15 heavy (non-hydrogen) atoms. The average Bonchev–Trinajstić information content (AvgIpc) is 2.18. The van der Waals surface area contributed by atoms with Crippen molar-refractivity contribution in [3.05, 3.63) is 47.0 Å². The fourth-order valence-electron chi connectivity index (χ4n) is 1.35. The molecule has 1 aromatic rings. The van der Waals surface area contributed by atoms with Crippen LogP contribution in [0, 0.1) is 5.41 Å². The Morgan fingerprint density at radius 3 is 2.07 bits per heavy atom. The van der Waals surface area contributed by atoms with E-state index in [1.54, 1.807) is 6.08 Å². The second kappa shape index (κ2) is 4.11. The molecule has 0 saturated heterocycles. The third kappa shape index (κ3) is 2.32. The molecule has 0 heterocycles. The Morgan fingerprint density at radius 1 is 1.20 bits per heavy atom. The van der Waals surface area contributed by atoms with Crippen LogP contribution in [0.25, 0.3) is 0 Å². The van der Waals surface area contributed by atoms with Crippen molar-refractivity contribution in [1.29, 1.82) is 0 Å². The van der Waals surface area contributed by atoms with Crippen LogP contribution >= 0.6 is 15.9 Å². The fourth-order valence-corrected chi connectivity index (χ4v) is 1.61. The third-order valence-electron chi connectivity index (χ3n) is 3.17. The van der Waals surface area contributed by atoms with Crippen LogP contribution in [-0.2, 0) is 5.60 Å². The van der Waals surface area contributed by atoms with Gasteiger partial charge in [-0.25, -0.2) is 0 Å². The van der Waals surface area contributed by atoms with Crippen LogP contribution < -0.4 is 0 Å². The zero-order valence-corrected chi connectivity index (χ0v) is 11.0. The van der Waals surface area contributed by atoms with Gasteiger partial charge in [-0.05, 0) is 24.6 Å². The van der Waals surface area contributed by atoms with Gasteiger partial charge in [0.1, 0.15) is 0 Å². The highest BCUT2D eigenvalue weighted by atomic mass is 79.9. The number of rotatable bonds is 3. The van der Waals surface area contributed by atoms with E-state index in [-0.39, 0.29) is 5.41 Å². The Hall–Kier alpha value is -0.600. The zero-order chi connectivity index (χ0) is 11.7. The van der Waals surface area contributed by atoms with E-state index in [0.29, 0.717) is 0 Å². The first kappa shape index (κ1) is 12.5. The normalized spacial score (nSPS) is 15.8. The van der Waals surface area contributed by atoms with Gasteiger partial charge < -0.3 is 5.11 Å². The van der Waals surface area contributed by atoms with E-state index in [9.17, 15) is 5.11 Å². The molecule has 0 saturated carbocycles. The summed E-state index contributed by atoms with van der Waals surface area (Å²) < 4.78 is 1.01. The highest BCUT2D eigenvalue weighted by Crippen LogP contribution is 2.40. The van der Waals surface area contributed by atoms with Crippen molar-refractivity contribution in [1.82, 2.24) is 0 Å². The summed E-state index contributed by atoms with van der Waals surface area (Å²) in [6.45, 7) is 9.54. The van der Waals surface area contributed by atoms with Gasteiger partial charge in [0, 0.05) is 9.89 Å². The van der Waals surface area contributed by atoms with Gasteiger partial charge in [-0.1, -0.05) is 48.0 Å². The summed E-state index contributed by atoms with van der Waals surface area (Å²) >= 11 is 3.38. The fraction of sp³-hybridized carbons (Fsp3) is 0.385. The molecule has 0 bridgehead atoms. The van der Waals surface area contributed by atoms with Gasteiger partial charge in [-0.2, -0.15) is 0 Å². The molecule has 0 aliphatic heterocycles. The molecule has 0 spiro atoms. The number of aliphatic hydroxyl groups is 1. The van der Waals surface area contributed by atoms with E-state index in [0.717, 1.165) is 10.0 Å². The minimum atomic E-state index is -0.907. The standard InChI is InChI=1S/C13H17BrO/c1-5-12(2,3)13(4,15)10-6-8-11(14)9-7-10/h5-9,15H,1H2,2-4H3/t13-/m0/s1. The largest absolute Gasteiger partial charge is 0.385 e.